The maximum absolute atomic E-state index is 13.6. The monoisotopic (exact) mass is 456 g/mol. The van der Waals surface area contributed by atoms with Gasteiger partial charge in [0.2, 0.25) is 6.10 Å². The molecule has 3 rings (SSSR count). The molecular weight excluding hydrogens is 433 g/mol. The first kappa shape index (κ1) is 23.2. The van der Waals surface area contributed by atoms with E-state index in [1.807, 2.05) is 24.3 Å². The van der Waals surface area contributed by atoms with Crippen LogP contribution in [0.5, 0.6) is 5.75 Å². The van der Waals surface area contributed by atoms with Gasteiger partial charge in [-0.1, -0.05) is 23.7 Å². The Hall–Kier alpha value is -2.45. The molecule has 5 nitrogen and oxygen atoms in total. The second-order valence-electron chi connectivity index (χ2n) is 7.44. The van der Waals surface area contributed by atoms with E-state index >= 15 is 0 Å². The van der Waals surface area contributed by atoms with Crippen molar-refractivity contribution < 1.29 is 27.4 Å². The molecule has 2 aromatic rings. The first-order valence-corrected chi connectivity index (χ1v) is 10.3. The molecule has 1 heterocycles. The molecule has 0 aliphatic carbocycles. The highest BCUT2D eigenvalue weighted by atomic mass is 35.5. The standard InChI is InChI=1S/C22H24ClF3N2O3/c1-30-19-10-4-15(5-11-19)16-3-2-12-28(13-16)14-20(22(24,25)26)31-21(29)27-18-8-6-17(23)7-9-18/h4-11,16,20H,2-3,12-14H2,1H3,(H,27,29)/t16?,20-/m0/s1. The first-order chi connectivity index (χ1) is 14.7. The number of benzene rings is 2. The Morgan fingerprint density at radius 1 is 1.19 bits per heavy atom. The van der Waals surface area contributed by atoms with Crippen LogP contribution in [-0.2, 0) is 4.74 Å². The summed E-state index contributed by atoms with van der Waals surface area (Å²) >= 11 is 5.77. The maximum Gasteiger partial charge on any atom is 0.426 e. The Morgan fingerprint density at radius 2 is 1.87 bits per heavy atom. The predicted molar refractivity (Wildman–Crippen MR) is 113 cm³/mol. The van der Waals surface area contributed by atoms with Gasteiger partial charge in [0.1, 0.15) is 5.75 Å². The molecular formula is C22H24ClF3N2O3. The number of ether oxygens (including phenoxy) is 2. The van der Waals surface area contributed by atoms with E-state index in [0.717, 1.165) is 24.2 Å². The smallest absolute Gasteiger partial charge is 0.426 e. The lowest BCUT2D eigenvalue weighted by Crippen LogP contribution is -2.47. The lowest BCUT2D eigenvalue weighted by Gasteiger charge is -2.35. The highest BCUT2D eigenvalue weighted by molar-refractivity contribution is 6.30. The second kappa shape index (κ2) is 10.2. The second-order valence-corrected chi connectivity index (χ2v) is 7.88. The molecule has 31 heavy (non-hydrogen) atoms. The third-order valence-corrected chi connectivity index (χ3v) is 5.47. The number of hydrogen-bond acceptors (Lipinski definition) is 4. The minimum atomic E-state index is -4.68. The summed E-state index contributed by atoms with van der Waals surface area (Å²) in [4.78, 5) is 13.7. The zero-order valence-corrected chi connectivity index (χ0v) is 17.7. The summed E-state index contributed by atoms with van der Waals surface area (Å²) in [5.41, 5.74) is 1.35. The Morgan fingerprint density at radius 3 is 2.48 bits per heavy atom. The third-order valence-electron chi connectivity index (χ3n) is 5.22. The summed E-state index contributed by atoms with van der Waals surface area (Å²) in [5, 5.41) is 2.75. The number of likely N-dealkylation sites (tertiary alicyclic amines) is 1. The lowest BCUT2D eigenvalue weighted by atomic mass is 9.90. The van der Waals surface area contributed by atoms with Gasteiger partial charge in [-0.15, -0.1) is 0 Å². The molecule has 0 bridgehead atoms. The number of methoxy groups -OCH3 is 1. The van der Waals surface area contributed by atoms with Crippen molar-refractivity contribution in [2.24, 2.45) is 0 Å². The fourth-order valence-corrected chi connectivity index (χ4v) is 3.75. The minimum absolute atomic E-state index is 0.108. The molecule has 168 valence electrons. The first-order valence-electron chi connectivity index (χ1n) is 9.91. The van der Waals surface area contributed by atoms with Crippen LogP contribution in [0.3, 0.4) is 0 Å². The van der Waals surface area contributed by atoms with Crippen molar-refractivity contribution in [2.75, 3.05) is 32.1 Å². The number of nitrogens with zero attached hydrogens (tertiary/aromatic N) is 1. The summed E-state index contributed by atoms with van der Waals surface area (Å²) < 4.78 is 50.6. The molecule has 1 saturated heterocycles. The van der Waals surface area contributed by atoms with E-state index in [9.17, 15) is 18.0 Å². The SMILES string of the molecule is COc1ccc(C2CCCN(C[C@H](OC(=O)Nc3ccc(Cl)cc3)C(F)(F)F)C2)cc1. The number of carbonyl (C=O) groups is 1. The van der Waals surface area contributed by atoms with Crippen LogP contribution in [0.1, 0.15) is 24.3 Å². The van der Waals surface area contributed by atoms with E-state index in [4.69, 9.17) is 21.1 Å². The average Bonchev–Trinajstić information content (AvgIpc) is 2.74. The van der Waals surface area contributed by atoms with Gasteiger partial charge in [-0.05, 0) is 67.3 Å². The molecule has 1 unspecified atom stereocenters. The van der Waals surface area contributed by atoms with E-state index < -0.39 is 24.9 Å². The minimum Gasteiger partial charge on any atom is -0.497 e. The van der Waals surface area contributed by atoms with Crippen LogP contribution in [0.25, 0.3) is 0 Å². The van der Waals surface area contributed by atoms with Crippen molar-refractivity contribution in [1.29, 1.82) is 0 Å². The van der Waals surface area contributed by atoms with Crippen LogP contribution >= 0.6 is 11.6 Å². The topological polar surface area (TPSA) is 50.8 Å². The molecule has 1 fully saturated rings. The zero-order valence-electron chi connectivity index (χ0n) is 17.0. The Labute approximate surface area is 184 Å². The van der Waals surface area contributed by atoms with Crippen molar-refractivity contribution in [2.45, 2.75) is 31.0 Å². The summed E-state index contributed by atoms with van der Waals surface area (Å²) in [6.45, 7) is 0.562. The number of carbonyl (C=O) groups excluding carboxylic acids is 1. The number of halogens is 4. The van der Waals surface area contributed by atoms with E-state index in [1.165, 1.54) is 24.3 Å². The van der Waals surface area contributed by atoms with Crippen molar-refractivity contribution in [3.8, 4) is 5.75 Å². The van der Waals surface area contributed by atoms with Crippen LogP contribution in [-0.4, -0.2) is 50.0 Å². The molecule has 1 N–H and O–H groups in total. The predicted octanol–water partition coefficient (Wildman–Crippen LogP) is 5.71. The highest BCUT2D eigenvalue weighted by Crippen LogP contribution is 2.30. The summed E-state index contributed by atoms with van der Waals surface area (Å²) in [5.74, 6) is 0.838. The van der Waals surface area contributed by atoms with Crippen LogP contribution in [0, 0.1) is 0 Å². The fraction of sp³-hybridized carbons (Fsp3) is 0.409. The van der Waals surface area contributed by atoms with E-state index in [2.05, 4.69) is 5.32 Å². The number of amides is 1. The van der Waals surface area contributed by atoms with Crippen LogP contribution in [0.4, 0.5) is 23.7 Å². The summed E-state index contributed by atoms with van der Waals surface area (Å²) in [7, 11) is 1.58. The molecule has 0 aromatic heterocycles. The average molecular weight is 457 g/mol. The number of alkyl halides is 3. The third kappa shape index (κ3) is 6.77. The number of piperidine rings is 1. The maximum atomic E-state index is 13.6. The summed E-state index contributed by atoms with van der Waals surface area (Å²) in [6.07, 6.45) is -6.41. The summed E-state index contributed by atoms with van der Waals surface area (Å²) in [6, 6.07) is 13.6. The number of rotatable bonds is 6. The molecule has 0 saturated carbocycles. The zero-order chi connectivity index (χ0) is 22.4. The van der Waals surface area contributed by atoms with Crippen molar-refractivity contribution in [1.82, 2.24) is 4.90 Å². The molecule has 2 aromatic carbocycles. The van der Waals surface area contributed by atoms with Crippen LogP contribution in [0.15, 0.2) is 48.5 Å². The number of hydrogen-bond donors (Lipinski definition) is 1. The largest absolute Gasteiger partial charge is 0.497 e. The van der Waals surface area contributed by atoms with Crippen LogP contribution < -0.4 is 10.1 Å². The molecule has 0 radical (unpaired) electrons. The number of nitrogens with one attached hydrogen (secondary N) is 1. The van der Waals surface area contributed by atoms with E-state index in [-0.39, 0.29) is 5.92 Å². The fourth-order valence-electron chi connectivity index (χ4n) is 3.62. The van der Waals surface area contributed by atoms with Gasteiger partial charge >= 0.3 is 12.3 Å². The number of anilines is 1. The Balaban J connectivity index is 1.61. The van der Waals surface area contributed by atoms with Crippen molar-refractivity contribution in [3.63, 3.8) is 0 Å². The van der Waals surface area contributed by atoms with Gasteiger partial charge in [0.25, 0.3) is 0 Å². The van der Waals surface area contributed by atoms with Crippen molar-refractivity contribution >= 4 is 23.4 Å². The van der Waals surface area contributed by atoms with Crippen molar-refractivity contribution in [3.05, 3.63) is 59.1 Å². The Bertz CT molecular complexity index is 860. The molecule has 0 spiro atoms. The normalized spacial score (nSPS) is 18.3. The van der Waals surface area contributed by atoms with Gasteiger partial charge in [0.05, 0.1) is 7.11 Å². The van der Waals surface area contributed by atoms with Gasteiger partial charge in [-0.3, -0.25) is 10.2 Å². The van der Waals surface area contributed by atoms with E-state index in [0.29, 0.717) is 23.8 Å². The molecule has 1 aliphatic rings. The van der Waals surface area contributed by atoms with Gasteiger partial charge in [0.15, 0.2) is 0 Å². The van der Waals surface area contributed by atoms with Crippen LogP contribution in [0.2, 0.25) is 5.02 Å². The van der Waals surface area contributed by atoms with Gasteiger partial charge in [-0.2, -0.15) is 13.2 Å². The highest BCUT2D eigenvalue weighted by Gasteiger charge is 2.44. The molecule has 2 atom stereocenters. The lowest BCUT2D eigenvalue weighted by molar-refractivity contribution is -0.207. The molecule has 9 heteroatoms. The molecule has 1 amide bonds. The van der Waals surface area contributed by atoms with Gasteiger partial charge in [-0.25, -0.2) is 4.79 Å². The Kier molecular flexibility index (Phi) is 7.67. The van der Waals surface area contributed by atoms with Gasteiger partial charge in [0, 0.05) is 23.8 Å². The molecule has 1 aliphatic heterocycles. The quantitative estimate of drug-likeness (QED) is 0.605. The van der Waals surface area contributed by atoms with E-state index in [1.54, 1.807) is 12.0 Å². The van der Waals surface area contributed by atoms with Gasteiger partial charge < -0.3 is 9.47 Å².